The fourth-order valence-corrected chi connectivity index (χ4v) is 2.00. The molecule has 1 saturated carbocycles. The minimum atomic E-state index is -0.182. The van der Waals surface area contributed by atoms with E-state index in [2.05, 4.69) is 25.9 Å². The maximum Gasteiger partial charge on any atom is 0.270 e. The third-order valence-electron chi connectivity index (χ3n) is 3.26. The van der Waals surface area contributed by atoms with Gasteiger partial charge in [-0.2, -0.15) is 0 Å². The molecule has 0 saturated heterocycles. The fraction of sp³-hybridized carbons (Fsp3) is 0.250. The zero-order chi connectivity index (χ0) is 16.2. The molecule has 118 valence electrons. The summed E-state index contributed by atoms with van der Waals surface area (Å²) in [5.41, 5.74) is 1.81. The lowest BCUT2D eigenvalue weighted by molar-refractivity contribution is -0.114. The molecule has 23 heavy (non-hydrogen) atoms. The molecule has 0 spiro atoms. The second-order valence-electron chi connectivity index (χ2n) is 5.40. The van der Waals surface area contributed by atoms with Crippen LogP contribution in [0.1, 0.15) is 30.3 Å². The van der Waals surface area contributed by atoms with Gasteiger partial charge in [-0.25, -0.2) is 9.97 Å². The van der Waals surface area contributed by atoms with Crippen LogP contribution in [0.2, 0.25) is 0 Å². The van der Waals surface area contributed by atoms with Gasteiger partial charge in [0.2, 0.25) is 11.9 Å². The minimum absolute atomic E-state index is 0.122. The van der Waals surface area contributed by atoms with Crippen molar-refractivity contribution in [2.75, 3.05) is 10.6 Å². The Bertz CT molecular complexity index is 726. The Morgan fingerprint density at radius 1 is 1.09 bits per heavy atom. The van der Waals surface area contributed by atoms with Gasteiger partial charge in [0.15, 0.2) is 0 Å². The molecule has 0 bridgehead atoms. The predicted octanol–water partition coefficient (Wildman–Crippen LogP) is 2.07. The van der Waals surface area contributed by atoms with Gasteiger partial charge in [-0.05, 0) is 43.2 Å². The van der Waals surface area contributed by atoms with Gasteiger partial charge in [-0.15, -0.1) is 0 Å². The number of amides is 2. The van der Waals surface area contributed by atoms with Crippen molar-refractivity contribution in [3.8, 4) is 0 Å². The van der Waals surface area contributed by atoms with Gasteiger partial charge in [0.25, 0.3) is 5.91 Å². The van der Waals surface area contributed by atoms with E-state index < -0.39 is 0 Å². The van der Waals surface area contributed by atoms with E-state index in [1.807, 2.05) is 0 Å². The summed E-state index contributed by atoms with van der Waals surface area (Å²) in [7, 11) is 0. The van der Waals surface area contributed by atoms with E-state index in [4.69, 9.17) is 0 Å². The molecule has 7 nitrogen and oxygen atoms in total. The molecule has 1 heterocycles. The van der Waals surface area contributed by atoms with Gasteiger partial charge in [-0.1, -0.05) is 0 Å². The highest BCUT2D eigenvalue weighted by Crippen LogP contribution is 2.20. The maximum atomic E-state index is 12.0. The van der Waals surface area contributed by atoms with E-state index in [1.54, 1.807) is 36.5 Å². The van der Waals surface area contributed by atoms with Crippen LogP contribution in [0, 0.1) is 0 Å². The predicted molar refractivity (Wildman–Crippen MR) is 86.5 cm³/mol. The molecule has 2 aromatic rings. The number of anilines is 3. The van der Waals surface area contributed by atoms with E-state index in [1.165, 1.54) is 6.92 Å². The molecule has 0 unspecified atom stereocenters. The number of benzene rings is 1. The van der Waals surface area contributed by atoms with E-state index in [9.17, 15) is 9.59 Å². The average Bonchev–Trinajstić information content (AvgIpc) is 3.33. The summed E-state index contributed by atoms with van der Waals surface area (Å²) in [5.74, 6) is 0.0445. The Morgan fingerprint density at radius 2 is 1.78 bits per heavy atom. The molecule has 3 rings (SSSR count). The first-order valence-electron chi connectivity index (χ1n) is 7.39. The molecular formula is C16H17N5O2. The van der Waals surface area contributed by atoms with Gasteiger partial charge < -0.3 is 16.0 Å². The van der Waals surface area contributed by atoms with Crippen LogP contribution in [0.15, 0.2) is 36.5 Å². The van der Waals surface area contributed by atoms with Gasteiger partial charge in [0.1, 0.15) is 5.69 Å². The number of nitrogens with one attached hydrogen (secondary N) is 3. The Morgan fingerprint density at radius 3 is 2.43 bits per heavy atom. The van der Waals surface area contributed by atoms with Crippen LogP contribution in [0.3, 0.4) is 0 Å². The van der Waals surface area contributed by atoms with Gasteiger partial charge in [0, 0.05) is 30.5 Å². The third kappa shape index (κ3) is 4.26. The van der Waals surface area contributed by atoms with Crippen molar-refractivity contribution in [2.24, 2.45) is 0 Å². The van der Waals surface area contributed by atoms with Crippen LogP contribution in [0.4, 0.5) is 17.3 Å². The molecule has 1 fully saturated rings. The summed E-state index contributed by atoms with van der Waals surface area (Å²) in [6.07, 6.45) is 3.61. The molecule has 1 aliphatic rings. The van der Waals surface area contributed by atoms with Crippen LogP contribution in [-0.4, -0.2) is 27.8 Å². The number of hydrogen-bond donors (Lipinski definition) is 3. The topological polar surface area (TPSA) is 96.0 Å². The summed E-state index contributed by atoms with van der Waals surface area (Å²) < 4.78 is 0. The third-order valence-corrected chi connectivity index (χ3v) is 3.26. The van der Waals surface area contributed by atoms with Crippen molar-refractivity contribution in [2.45, 2.75) is 25.8 Å². The quantitative estimate of drug-likeness (QED) is 0.785. The number of carbonyl (C=O) groups excluding carboxylic acids is 2. The smallest absolute Gasteiger partial charge is 0.270 e. The first kappa shape index (κ1) is 15.0. The fourth-order valence-electron chi connectivity index (χ4n) is 2.00. The van der Waals surface area contributed by atoms with E-state index in [0.29, 0.717) is 17.3 Å². The SMILES string of the molecule is CC(=O)Nc1ccc(Nc2nccc(C(=O)NC3CC3)n2)cc1. The van der Waals surface area contributed by atoms with Crippen molar-refractivity contribution in [1.29, 1.82) is 0 Å². The van der Waals surface area contributed by atoms with E-state index in [0.717, 1.165) is 18.5 Å². The Labute approximate surface area is 133 Å². The molecule has 1 aromatic heterocycles. The summed E-state index contributed by atoms with van der Waals surface area (Å²) in [5, 5.41) is 8.62. The second-order valence-corrected chi connectivity index (χ2v) is 5.40. The van der Waals surface area contributed by atoms with Gasteiger partial charge in [0.05, 0.1) is 0 Å². The maximum absolute atomic E-state index is 12.0. The van der Waals surface area contributed by atoms with Crippen molar-refractivity contribution < 1.29 is 9.59 Å². The molecule has 3 N–H and O–H groups in total. The van der Waals surface area contributed by atoms with Crippen LogP contribution < -0.4 is 16.0 Å². The Hall–Kier alpha value is -2.96. The van der Waals surface area contributed by atoms with Crippen molar-refractivity contribution >= 4 is 29.1 Å². The van der Waals surface area contributed by atoms with Crippen LogP contribution in [0.25, 0.3) is 0 Å². The van der Waals surface area contributed by atoms with Crippen LogP contribution in [-0.2, 0) is 4.79 Å². The largest absolute Gasteiger partial charge is 0.348 e. The van der Waals surface area contributed by atoms with E-state index in [-0.39, 0.29) is 17.9 Å². The normalized spacial score (nSPS) is 13.3. The summed E-state index contributed by atoms with van der Waals surface area (Å²) in [6, 6.07) is 9.01. The first-order valence-corrected chi connectivity index (χ1v) is 7.39. The van der Waals surface area contributed by atoms with Crippen LogP contribution in [0.5, 0.6) is 0 Å². The molecule has 2 amide bonds. The van der Waals surface area contributed by atoms with Crippen LogP contribution >= 0.6 is 0 Å². The number of rotatable bonds is 5. The van der Waals surface area contributed by atoms with Gasteiger partial charge >= 0.3 is 0 Å². The second kappa shape index (κ2) is 6.43. The Kier molecular flexibility index (Phi) is 4.18. The first-order chi connectivity index (χ1) is 11.1. The lowest BCUT2D eigenvalue weighted by atomic mass is 10.3. The Balaban J connectivity index is 1.67. The molecule has 1 aromatic carbocycles. The van der Waals surface area contributed by atoms with Crippen molar-refractivity contribution in [1.82, 2.24) is 15.3 Å². The zero-order valence-electron chi connectivity index (χ0n) is 12.7. The van der Waals surface area contributed by atoms with Gasteiger partial charge in [-0.3, -0.25) is 9.59 Å². The highest BCUT2D eigenvalue weighted by molar-refractivity contribution is 5.93. The molecular weight excluding hydrogens is 294 g/mol. The lowest BCUT2D eigenvalue weighted by Crippen LogP contribution is -2.26. The summed E-state index contributed by atoms with van der Waals surface area (Å²) >= 11 is 0. The molecule has 0 aliphatic heterocycles. The number of nitrogens with zero attached hydrogens (tertiary/aromatic N) is 2. The monoisotopic (exact) mass is 311 g/mol. The molecule has 1 aliphatic carbocycles. The van der Waals surface area contributed by atoms with E-state index >= 15 is 0 Å². The zero-order valence-corrected chi connectivity index (χ0v) is 12.7. The molecule has 7 heteroatoms. The molecule has 0 atom stereocenters. The molecule has 0 radical (unpaired) electrons. The highest BCUT2D eigenvalue weighted by atomic mass is 16.2. The number of hydrogen-bond acceptors (Lipinski definition) is 5. The summed E-state index contributed by atoms with van der Waals surface area (Å²) in [6.45, 7) is 1.46. The minimum Gasteiger partial charge on any atom is -0.348 e. The standard InChI is InChI=1S/C16H17N5O2/c1-10(22)18-11-2-6-13(7-3-11)20-16-17-9-8-14(21-16)15(23)19-12-4-5-12/h2-3,6-9,12H,4-5H2,1H3,(H,18,22)(H,19,23)(H,17,20,21). The van der Waals surface area contributed by atoms with Crippen molar-refractivity contribution in [3.05, 3.63) is 42.2 Å². The lowest BCUT2D eigenvalue weighted by Gasteiger charge is -2.08. The van der Waals surface area contributed by atoms with Crippen molar-refractivity contribution in [3.63, 3.8) is 0 Å². The average molecular weight is 311 g/mol. The number of aromatic nitrogens is 2. The highest BCUT2D eigenvalue weighted by Gasteiger charge is 2.24. The summed E-state index contributed by atoms with van der Waals surface area (Å²) in [4.78, 5) is 31.3. The number of carbonyl (C=O) groups is 2.